The largest absolute Gasteiger partial charge is 0.389 e. The molecule has 1 N–H and O–H groups in total. The number of aliphatic hydroxyl groups is 1. The summed E-state index contributed by atoms with van der Waals surface area (Å²) in [7, 11) is 4.42. The van der Waals surface area contributed by atoms with Crippen molar-refractivity contribution in [2.45, 2.75) is 63.0 Å². The maximum Gasteiger partial charge on any atom is 0.0774 e. The molecule has 0 bridgehead atoms. The molecule has 2 fully saturated rings. The van der Waals surface area contributed by atoms with Gasteiger partial charge in [0.2, 0.25) is 0 Å². The highest BCUT2D eigenvalue weighted by Gasteiger charge is 2.32. The predicted molar refractivity (Wildman–Crippen MR) is 75.8 cm³/mol. The summed E-state index contributed by atoms with van der Waals surface area (Å²) in [6.07, 6.45) is 9.77. The number of likely N-dealkylation sites (tertiary alicyclic amines) is 1. The molecule has 2 rings (SSSR count). The van der Waals surface area contributed by atoms with Crippen molar-refractivity contribution in [3.05, 3.63) is 0 Å². The van der Waals surface area contributed by atoms with E-state index in [1.807, 2.05) is 0 Å². The molecule has 1 heterocycles. The van der Waals surface area contributed by atoms with Crippen LogP contribution in [-0.2, 0) is 0 Å². The zero-order valence-corrected chi connectivity index (χ0v) is 12.2. The summed E-state index contributed by atoms with van der Waals surface area (Å²) >= 11 is 0. The monoisotopic (exact) mass is 254 g/mol. The fraction of sp³-hybridized carbons (Fsp3) is 1.00. The van der Waals surface area contributed by atoms with Gasteiger partial charge in [-0.05, 0) is 59.3 Å². The first-order valence-corrected chi connectivity index (χ1v) is 7.70. The van der Waals surface area contributed by atoms with Gasteiger partial charge in [-0.3, -0.25) is 0 Å². The van der Waals surface area contributed by atoms with Gasteiger partial charge in [-0.2, -0.15) is 0 Å². The van der Waals surface area contributed by atoms with Gasteiger partial charge in [0.05, 0.1) is 5.60 Å². The number of piperidine rings is 1. The number of rotatable bonds is 5. The molecule has 1 unspecified atom stereocenters. The number of hydrogen-bond donors (Lipinski definition) is 1. The van der Waals surface area contributed by atoms with E-state index in [9.17, 15) is 5.11 Å². The van der Waals surface area contributed by atoms with Crippen LogP contribution in [0.15, 0.2) is 0 Å². The fourth-order valence-electron chi connectivity index (χ4n) is 3.65. The predicted octanol–water partition coefficient (Wildman–Crippen LogP) is 2.10. The summed E-state index contributed by atoms with van der Waals surface area (Å²) in [6, 6.07) is 0.763. The van der Waals surface area contributed by atoms with E-state index in [4.69, 9.17) is 0 Å². The van der Waals surface area contributed by atoms with Gasteiger partial charge in [0.1, 0.15) is 0 Å². The summed E-state index contributed by atoms with van der Waals surface area (Å²) in [5.41, 5.74) is -0.382. The van der Waals surface area contributed by atoms with Gasteiger partial charge in [0.25, 0.3) is 0 Å². The highest BCUT2D eigenvalue weighted by atomic mass is 16.3. The average Bonchev–Trinajstić information content (AvgIpc) is 2.74. The van der Waals surface area contributed by atoms with Gasteiger partial charge in [0, 0.05) is 12.6 Å². The van der Waals surface area contributed by atoms with E-state index in [0.29, 0.717) is 0 Å². The lowest BCUT2D eigenvalue weighted by molar-refractivity contribution is 0.0139. The van der Waals surface area contributed by atoms with E-state index in [-0.39, 0.29) is 5.60 Å². The molecular weight excluding hydrogens is 224 g/mol. The summed E-state index contributed by atoms with van der Waals surface area (Å²) in [6.45, 7) is 3.25. The summed E-state index contributed by atoms with van der Waals surface area (Å²) < 4.78 is 0. The van der Waals surface area contributed by atoms with Crippen LogP contribution in [0.4, 0.5) is 0 Å². The molecule has 0 aromatic heterocycles. The van der Waals surface area contributed by atoms with E-state index in [1.165, 1.54) is 45.1 Å². The van der Waals surface area contributed by atoms with Crippen LogP contribution in [0.25, 0.3) is 0 Å². The lowest BCUT2D eigenvalue weighted by Gasteiger charge is -2.35. The molecule has 106 valence electrons. The Morgan fingerprint density at radius 3 is 2.61 bits per heavy atom. The van der Waals surface area contributed by atoms with Crippen molar-refractivity contribution in [2.75, 3.05) is 33.7 Å². The van der Waals surface area contributed by atoms with Gasteiger partial charge in [-0.1, -0.05) is 19.3 Å². The van der Waals surface area contributed by atoms with Crippen LogP contribution in [0.5, 0.6) is 0 Å². The zero-order valence-electron chi connectivity index (χ0n) is 12.2. The van der Waals surface area contributed by atoms with E-state index in [0.717, 1.165) is 32.0 Å². The number of hydrogen-bond acceptors (Lipinski definition) is 3. The molecule has 1 saturated carbocycles. The van der Waals surface area contributed by atoms with Crippen LogP contribution in [0.3, 0.4) is 0 Å². The van der Waals surface area contributed by atoms with Gasteiger partial charge < -0.3 is 14.9 Å². The summed E-state index contributed by atoms with van der Waals surface area (Å²) in [4.78, 5) is 4.86. The summed E-state index contributed by atoms with van der Waals surface area (Å²) in [5, 5.41) is 10.4. The zero-order chi connectivity index (χ0) is 13.0. The molecule has 1 saturated heterocycles. The molecule has 2 aliphatic rings. The van der Waals surface area contributed by atoms with Gasteiger partial charge in [-0.25, -0.2) is 0 Å². The molecule has 0 amide bonds. The Bertz CT molecular complexity index is 251. The smallest absolute Gasteiger partial charge is 0.0774 e. The quantitative estimate of drug-likeness (QED) is 0.814. The lowest BCUT2D eigenvalue weighted by atomic mass is 9.99. The Balaban J connectivity index is 1.69. The van der Waals surface area contributed by atoms with Gasteiger partial charge >= 0.3 is 0 Å². The van der Waals surface area contributed by atoms with Crippen molar-refractivity contribution >= 4 is 0 Å². The van der Waals surface area contributed by atoms with Crippen molar-refractivity contribution in [2.24, 2.45) is 0 Å². The minimum Gasteiger partial charge on any atom is -0.389 e. The van der Waals surface area contributed by atoms with Crippen molar-refractivity contribution in [3.63, 3.8) is 0 Å². The maximum absolute atomic E-state index is 10.4. The highest BCUT2D eigenvalue weighted by Crippen LogP contribution is 2.30. The topological polar surface area (TPSA) is 26.7 Å². The Morgan fingerprint density at radius 2 is 1.94 bits per heavy atom. The molecule has 0 spiro atoms. The first kappa shape index (κ1) is 14.3. The summed E-state index contributed by atoms with van der Waals surface area (Å²) in [5.74, 6) is 0. The third-order valence-electron chi connectivity index (χ3n) is 4.86. The molecule has 3 heteroatoms. The molecule has 0 radical (unpaired) electrons. The van der Waals surface area contributed by atoms with Gasteiger partial charge in [-0.15, -0.1) is 0 Å². The Labute approximate surface area is 112 Å². The van der Waals surface area contributed by atoms with E-state index in [1.54, 1.807) is 0 Å². The average molecular weight is 254 g/mol. The molecule has 0 aromatic rings. The van der Waals surface area contributed by atoms with E-state index >= 15 is 0 Å². The fourth-order valence-corrected chi connectivity index (χ4v) is 3.65. The van der Waals surface area contributed by atoms with E-state index < -0.39 is 0 Å². The molecule has 0 aromatic carbocycles. The Kier molecular flexibility index (Phi) is 5.05. The van der Waals surface area contributed by atoms with Crippen LogP contribution in [-0.4, -0.2) is 60.3 Å². The SMILES string of the molecule is CN(CCC1CCCCN1C)CC1(O)CCCC1. The number of likely N-dealkylation sites (N-methyl/N-ethyl adjacent to an activating group) is 1. The van der Waals surface area contributed by atoms with Gasteiger partial charge in [0.15, 0.2) is 0 Å². The third-order valence-corrected chi connectivity index (χ3v) is 4.86. The first-order chi connectivity index (χ1) is 8.59. The minimum atomic E-state index is -0.382. The maximum atomic E-state index is 10.4. The second-order valence-electron chi connectivity index (χ2n) is 6.59. The van der Waals surface area contributed by atoms with Crippen molar-refractivity contribution < 1.29 is 5.11 Å². The number of nitrogens with zero attached hydrogens (tertiary/aromatic N) is 2. The Hall–Kier alpha value is -0.120. The normalized spacial score (nSPS) is 29.0. The minimum absolute atomic E-state index is 0.382. The molecule has 1 atom stereocenters. The van der Waals surface area contributed by atoms with E-state index in [2.05, 4.69) is 23.9 Å². The van der Waals surface area contributed by atoms with Crippen molar-refractivity contribution in [3.8, 4) is 0 Å². The molecule has 18 heavy (non-hydrogen) atoms. The third kappa shape index (κ3) is 3.94. The van der Waals surface area contributed by atoms with Crippen molar-refractivity contribution in [1.29, 1.82) is 0 Å². The molecule has 3 nitrogen and oxygen atoms in total. The van der Waals surface area contributed by atoms with Crippen LogP contribution < -0.4 is 0 Å². The standard InChI is InChI=1S/C15H30N2O/c1-16(13-15(18)9-4-5-10-15)12-8-14-7-3-6-11-17(14)2/h14,18H,3-13H2,1-2H3. The molecular formula is C15H30N2O. The lowest BCUT2D eigenvalue weighted by Crippen LogP contribution is -2.42. The molecule has 1 aliphatic heterocycles. The first-order valence-electron chi connectivity index (χ1n) is 7.70. The van der Waals surface area contributed by atoms with Crippen LogP contribution in [0.2, 0.25) is 0 Å². The molecule has 1 aliphatic carbocycles. The Morgan fingerprint density at radius 1 is 1.22 bits per heavy atom. The van der Waals surface area contributed by atoms with Crippen LogP contribution in [0, 0.1) is 0 Å². The van der Waals surface area contributed by atoms with Crippen LogP contribution in [0.1, 0.15) is 51.4 Å². The van der Waals surface area contributed by atoms with Crippen LogP contribution >= 0.6 is 0 Å². The second kappa shape index (κ2) is 6.36. The highest BCUT2D eigenvalue weighted by molar-refractivity contribution is 4.87. The van der Waals surface area contributed by atoms with Crippen molar-refractivity contribution in [1.82, 2.24) is 9.80 Å². The second-order valence-corrected chi connectivity index (χ2v) is 6.59.